The van der Waals surface area contributed by atoms with E-state index in [1.807, 2.05) is 12.1 Å². The zero-order valence-corrected chi connectivity index (χ0v) is 11.9. The third-order valence-electron chi connectivity index (χ3n) is 3.27. The number of primary amides is 1. The van der Waals surface area contributed by atoms with Crippen LogP contribution in [0.1, 0.15) is 5.56 Å². The van der Waals surface area contributed by atoms with E-state index in [4.69, 9.17) is 10.5 Å². The number of methoxy groups -OCH3 is 1. The Labute approximate surface area is 126 Å². The molecule has 3 heterocycles. The molecule has 0 aliphatic carbocycles. The van der Waals surface area contributed by atoms with E-state index in [0.717, 1.165) is 27.7 Å². The number of nitrogens with two attached hydrogens (primary N) is 1. The van der Waals surface area contributed by atoms with Crippen LogP contribution in [0.25, 0.3) is 28.2 Å². The smallest absolute Gasteiger partial charge is 0.241 e. The second-order valence-electron chi connectivity index (χ2n) is 4.69. The van der Waals surface area contributed by atoms with Crippen LogP contribution in [0.4, 0.5) is 0 Å². The van der Waals surface area contributed by atoms with Crippen molar-refractivity contribution in [1.82, 2.24) is 15.0 Å². The second-order valence-corrected chi connectivity index (χ2v) is 4.69. The number of carbonyl (C=O) groups is 1. The highest BCUT2D eigenvalue weighted by molar-refractivity contribution is 5.95. The van der Waals surface area contributed by atoms with Gasteiger partial charge >= 0.3 is 0 Å². The fraction of sp³-hybridized carbons (Fsp3) is 0.0625. The molecule has 3 aromatic rings. The van der Waals surface area contributed by atoms with Crippen LogP contribution in [0.15, 0.2) is 42.9 Å². The van der Waals surface area contributed by atoms with Gasteiger partial charge in [0.25, 0.3) is 0 Å². The minimum atomic E-state index is -0.488. The minimum absolute atomic E-state index is 0.488. The van der Waals surface area contributed by atoms with E-state index in [9.17, 15) is 4.79 Å². The number of pyridine rings is 2. The molecule has 6 heteroatoms. The van der Waals surface area contributed by atoms with E-state index in [0.29, 0.717) is 5.88 Å². The highest BCUT2D eigenvalue weighted by Crippen LogP contribution is 2.25. The van der Waals surface area contributed by atoms with Crippen LogP contribution in [-0.2, 0) is 4.79 Å². The predicted molar refractivity (Wildman–Crippen MR) is 84.1 cm³/mol. The molecule has 0 fully saturated rings. The fourth-order valence-electron chi connectivity index (χ4n) is 2.16. The van der Waals surface area contributed by atoms with Gasteiger partial charge < -0.3 is 15.5 Å². The Kier molecular flexibility index (Phi) is 3.57. The number of hydrogen-bond acceptors (Lipinski definition) is 4. The summed E-state index contributed by atoms with van der Waals surface area (Å²) in [6.07, 6.45) is 8.27. The third kappa shape index (κ3) is 2.67. The largest absolute Gasteiger partial charge is 0.481 e. The van der Waals surface area contributed by atoms with Gasteiger partial charge in [-0.3, -0.25) is 4.79 Å². The molecule has 0 aliphatic heterocycles. The number of ether oxygens (including phenoxy) is 1. The van der Waals surface area contributed by atoms with Crippen molar-refractivity contribution in [1.29, 1.82) is 0 Å². The van der Waals surface area contributed by atoms with Crippen LogP contribution in [0.3, 0.4) is 0 Å². The molecule has 6 nitrogen and oxygen atoms in total. The third-order valence-corrected chi connectivity index (χ3v) is 3.27. The first-order valence-corrected chi connectivity index (χ1v) is 6.62. The molecule has 0 saturated heterocycles. The monoisotopic (exact) mass is 294 g/mol. The van der Waals surface area contributed by atoms with E-state index >= 15 is 0 Å². The van der Waals surface area contributed by atoms with Crippen molar-refractivity contribution in [2.75, 3.05) is 7.11 Å². The van der Waals surface area contributed by atoms with Crippen LogP contribution in [0.5, 0.6) is 5.88 Å². The molecule has 3 aromatic heterocycles. The lowest BCUT2D eigenvalue weighted by atomic mass is 10.1. The molecule has 0 saturated carbocycles. The molecule has 0 aromatic carbocycles. The Morgan fingerprint density at radius 3 is 2.77 bits per heavy atom. The number of H-pyrrole nitrogens is 1. The number of carbonyl (C=O) groups excluding carboxylic acids is 1. The van der Waals surface area contributed by atoms with Crippen molar-refractivity contribution in [3.8, 4) is 17.0 Å². The van der Waals surface area contributed by atoms with Gasteiger partial charge in [-0.2, -0.15) is 0 Å². The normalized spacial score (nSPS) is 11.1. The van der Waals surface area contributed by atoms with Crippen molar-refractivity contribution in [3.63, 3.8) is 0 Å². The first-order chi connectivity index (χ1) is 10.7. The lowest BCUT2D eigenvalue weighted by Gasteiger charge is -2.03. The maximum Gasteiger partial charge on any atom is 0.241 e. The van der Waals surface area contributed by atoms with Crippen molar-refractivity contribution in [2.45, 2.75) is 0 Å². The van der Waals surface area contributed by atoms with E-state index in [1.54, 1.807) is 37.8 Å². The van der Waals surface area contributed by atoms with Crippen molar-refractivity contribution >= 4 is 23.0 Å². The molecule has 1 amide bonds. The summed E-state index contributed by atoms with van der Waals surface area (Å²) < 4.78 is 5.05. The Morgan fingerprint density at radius 1 is 1.27 bits per heavy atom. The Hall–Kier alpha value is -3.15. The average molecular weight is 294 g/mol. The van der Waals surface area contributed by atoms with Gasteiger partial charge in [-0.1, -0.05) is 0 Å². The molecule has 0 aliphatic rings. The molecule has 22 heavy (non-hydrogen) atoms. The number of aromatic amines is 1. The van der Waals surface area contributed by atoms with Gasteiger partial charge in [0.1, 0.15) is 5.65 Å². The molecular formula is C16H14N4O2. The molecule has 110 valence electrons. The highest BCUT2D eigenvalue weighted by Gasteiger charge is 2.06. The summed E-state index contributed by atoms with van der Waals surface area (Å²) in [5, 5.41) is 0.908. The van der Waals surface area contributed by atoms with Gasteiger partial charge in [-0.05, 0) is 18.2 Å². The van der Waals surface area contributed by atoms with Crippen LogP contribution in [0, 0.1) is 0 Å². The molecule has 0 unspecified atom stereocenters. The molecule has 3 N–H and O–H groups in total. The standard InChI is InChI=1S/C16H14N4O2/c1-22-15-5-3-10(7-18-15)12-6-13-11(2-4-14(17)21)8-19-16(13)20-9-12/h2-9H,1H3,(H2,17,21)(H,19,20). The fourth-order valence-corrected chi connectivity index (χ4v) is 2.16. The van der Waals surface area contributed by atoms with E-state index < -0.39 is 5.91 Å². The van der Waals surface area contributed by atoms with Gasteiger partial charge in [0.2, 0.25) is 11.8 Å². The number of aromatic nitrogens is 3. The summed E-state index contributed by atoms with van der Waals surface area (Å²) in [4.78, 5) is 22.5. The summed E-state index contributed by atoms with van der Waals surface area (Å²) >= 11 is 0. The summed E-state index contributed by atoms with van der Waals surface area (Å²) in [5.74, 6) is 0.0716. The maximum absolute atomic E-state index is 10.9. The molecule has 0 bridgehead atoms. The van der Waals surface area contributed by atoms with Crippen LogP contribution >= 0.6 is 0 Å². The van der Waals surface area contributed by atoms with Crippen LogP contribution in [-0.4, -0.2) is 28.0 Å². The van der Waals surface area contributed by atoms with E-state index in [1.165, 1.54) is 6.08 Å². The first-order valence-electron chi connectivity index (χ1n) is 6.62. The average Bonchev–Trinajstić information content (AvgIpc) is 2.95. The Balaban J connectivity index is 2.03. The van der Waals surface area contributed by atoms with Gasteiger partial charge in [0, 0.05) is 52.8 Å². The predicted octanol–water partition coefficient (Wildman–Crippen LogP) is 2.13. The number of nitrogens with zero attached hydrogens (tertiary/aromatic N) is 2. The summed E-state index contributed by atoms with van der Waals surface area (Å²) in [6.45, 7) is 0. The maximum atomic E-state index is 10.9. The molecule has 0 spiro atoms. The number of nitrogens with one attached hydrogen (secondary N) is 1. The minimum Gasteiger partial charge on any atom is -0.481 e. The lowest BCUT2D eigenvalue weighted by Crippen LogP contribution is -2.04. The first kappa shape index (κ1) is 13.8. The van der Waals surface area contributed by atoms with E-state index in [-0.39, 0.29) is 0 Å². The molecule has 0 atom stereocenters. The van der Waals surface area contributed by atoms with Gasteiger partial charge in [-0.25, -0.2) is 9.97 Å². The number of hydrogen-bond donors (Lipinski definition) is 2. The zero-order chi connectivity index (χ0) is 15.5. The zero-order valence-electron chi connectivity index (χ0n) is 11.9. The summed E-state index contributed by atoms with van der Waals surface area (Å²) in [7, 11) is 1.58. The number of rotatable bonds is 4. The van der Waals surface area contributed by atoms with E-state index in [2.05, 4.69) is 15.0 Å². The topological polar surface area (TPSA) is 93.9 Å². The number of fused-ring (bicyclic) bond motifs is 1. The van der Waals surface area contributed by atoms with Crippen LogP contribution in [0.2, 0.25) is 0 Å². The molecule has 0 radical (unpaired) electrons. The van der Waals surface area contributed by atoms with Gasteiger partial charge in [0.05, 0.1) is 7.11 Å². The quantitative estimate of drug-likeness (QED) is 0.721. The lowest BCUT2D eigenvalue weighted by molar-refractivity contribution is -0.113. The van der Waals surface area contributed by atoms with Gasteiger partial charge in [0.15, 0.2) is 0 Å². The van der Waals surface area contributed by atoms with Crippen molar-refractivity contribution in [3.05, 3.63) is 48.4 Å². The SMILES string of the molecule is COc1ccc(-c2cnc3[nH]cc(C=CC(N)=O)c3c2)cn1. The number of amides is 1. The summed E-state index contributed by atoms with van der Waals surface area (Å²) in [6, 6.07) is 5.70. The highest BCUT2D eigenvalue weighted by atomic mass is 16.5. The van der Waals surface area contributed by atoms with Gasteiger partial charge in [-0.15, -0.1) is 0 Å². The summed E-state index contributed by atoms with van der Waals surface area (Å²) in [5.41, 5.74) is 8.58. The van der Waals surface area contributed by atoms with Crippen molar-refractivity contribution < 1.29 is 9.53 Å². The van der Waals surface area contributed by atoms with Crippen molar-refractivity contribution in [2.24, 2.45) is 5.73 Å². The van der Waals surface area contributed by atoms with Crippen LogP contribution < -0.4 is 10.5 Å². The molecule has 3 rings (SSSR count). The molecular weight excluding hydrogens is 280 g/mol. The Bertz CT molecular complexity index is 850. The second kappa shape index (κ2) is 5.69. The Morgan fingerprint density at radius 2 is 2.09 bits per heavy atom.